The van der Waals surface area contributed by atoms with Gasteiger partial charge in [0, 0.05) is 28.4 Å². The molecule has 0 radical (unpaired) electrons. The molecular formula is C28H23N3O2. The Morgan fingerprint density at radius 3 is 2.09 bits per heavy atom. The molecule has 33 heavy (non-hydrogen) atoms. The monoisotopic (exact) mass is 433 g/mol. The summed E-state index contributed by atoms with van der Waals surface area (Å²) in [5.41, 5.74) is 4.42. The van der Waals surface area contributed by atoms with Crippen LogP contribution in [0.25, 0.3) is 11.3 Å². The molecule has 0 saturated heterocycles. The van der Waals surface area contributed by atoms with Gasteiger partial charge in [0.25, 0.3) is 0 Å². The van der Waals surface area contributed by atoms with Gasteiger partial charge in [-0.25, -0.2) is 14.8 Å². The van der Waals surface area contributed by atoms with Gasteiger partial charge >= 0.3 is 5.97 Å². The number of para-hydroxylation sites is 1. The number of hydrogen-bond acceptors (Lipinski definition) is 5. The summed E-state index contributed by atoms with van der Waals surface area (Å²) >= 11 is 0. The first-order chi connectivity index (χ1) is 16.2. The molecule has 1 heterocycles. The second kappa shape index (κ2) is 10.3. The normalized spacial score (nSPS) is 11.1. The highest BCUT2D eigenvalue weighted by Gasteiger charge is 2.25. The van der Waals surface area contributed by atoms with Crippen LogP contribution in [0.2, 0.25) is 0 Å². The van der Waals surface area contributed by atoms with E-state index >= 15 is 0 Å². The Morgan fingerprint density at radius 2 is 1.45 bits per heavy atom. The molecule has 0 aliphatic carbocycles. The van der Waals surface area contributed by atoms with Gasteiger partial charge in [-0.15, -0.1) is 0 Å². The van der Waals surface area contributed by atoms with E-state index in [9.17, 15) is 4.79 Å². The van der Waals surface area contributed by atoms with Gasteiger partial charge in [0.2, 0.25) is 0 Å². The van der Waals surface area contributed by atoms with Crippen molar-refractivity contribution < 1.29 is 9.53 Å². The van der Waals surface area contributed by atoms with Gasteiger partial charge in [-0.05, 0) is 43.3 Å². The van der Waals surface area contributed by atoms with Crippen LogP contribution in [-0.2, 0) is 9.53 Å². The number of benzene rings is 3. The Labute approximate surface area is 193 Å². The van der Waals surface area contributed by atoms with Crippen molar-refractivity contribution in [2.75, 3.05) is 12.0 Å². The van der Waals surface area contributed by atoms with Gasteiger partial charge in [0.15, 0.2) is 0 Å². The molecule has 162 valence electrons. The zero-order valence-corrected chi connectivity index (χ0v) is 18.5. The van der Waals surface area contributed by atoms with Crippen LogP contribution >= 0.6 is 0 Å². The molecule has 3 aromatic carbocycles. The van der Waals surface area contributed by atoms with Gasteiger partial charge in [-0.1, -0.05) is 60.4 Å². The van der Waals surface area contributed by atoms with Crippen LogP contribution in [0, 0.1) is 11.8 Å². The van der Waals surface area contributed by atoms with Crippen molar-refractivity contribution >= 4 is 17.5 Å². The zero-order chi connectivity index (χ0) is 23.0. The van der Waals surface area contributed by atoms with Gasteiger partial charge in [-0.2, -0.15) is 0 Å². The van der Waals surface area contributed by atoms with Crippen LogP contribution in [0.4, 0.5) is 11.5 Å². The molecule has 4 aromatic rings. The van der Waals surface area contributed by atoms with Gasteiger partial charge in [-0.3, -0.25) is 0 Å². The third-order valence-electron chi connectivity index (χ3n) is 5.17. The summed E-state index contributed by atoms with van der Waals surface area (Å²) in [7, 11) is 1.38. The second-order valence-electron chi connectivity index (χ2n) is 7.36. The van der Waals surface area contributed by atoms with Crippen molar-refractivity contribution in [3.8, 4) is 23.1 Å². The highest BCUT2D eigenvalue weighted by molar-refractivity contribution is 5.83. The Morgan fingerprint density at radius 1 is 0.848 bits per heavy atom. The van der Waals surface area contributed by atoms with Crippen molar-refractivity contribution in [3.63, 3.8) is 0 Å². The van der Waals surface area contributed by atoms with E-state index in [2.05, 4.69) is 21.8 Å². The highest BCUT2D eigenvalue weighted by atomic mass is 16.5. The number of ether oxygens (including phenoxy) is 1. The Hall–Kier alpha value is -4.43. The number of hydrogen-bond donors (Lipinski definition) is 0. The minimum absolute atomic E-state index is 0.347. The second-order valence-corrected chi connectivity index (χ2v) is 7.36. The van der Waals surface area contributed by atoms with E-state index in [1.807, 2.05) is 95.9 Å². The summed E-state index contributed by atoms with van der Waals surface area (Å²) in [5, 5.41) is 0. The fraction of sp³-hybridized carbons (Fsp3) is 0.107. The summed E-state index contributed by atoms with van der Waals surface area (Å²) < 4.78 is 4.98. The summed E-state index contributed by atoms with van der Waals surface area (Å²) in [5.74, 6) is 6.61. The molecule has 0 fully saturated rings. The maximum absolute atomic E-state index is 12.3. The molecule has 0 spiro atoms. The van der Waals surface area contributed by atoms with Crippen molar-refractivity contribution in [2.24, 2.45) is 0 Å². The van der Waals surface area contributed by atoms with E-state index in [0.717, 1.165) is 28.1 Å². The maximum Gasteiger partial charge on any atom is 0.328 e. The molecule has 0 amide bonds. The standard InChI is InChI=1S/C28H23N3O2/c1-21(28(32)33-2)31(25-11-7-4-8-12-25)27-19-26(29-20-30-27)24-17-15-23(16-18-24)14-13-22-9-5-3-6-10-22/h3-12,15-21H,1-2H3/t21-/m0/s1. The van der Waals surface area contributed by atoms with Crippen molar-refractivity contribution in [3.05, 3.63) is 108 Å². The third-order valence-corrected chi connectivity index (χ3v) is 5.17. The number of carbonyl (C=O) groups excluding carboxylic acids is 1. The van der Waals surface area contributed by atoms with E-state index in [1.54, 1.807) is 6.92 Å². The molecule has 4 rings (SSSR count). The first-order valence-corrected chi connectivity index (χ1v) is 10.6. The molecular weight excluding hydrogens is 410 g/mol. The molecule has 0 saturated carbocycles. The topological polar surface area (TPSA) is 55.3 Å². The molecule has 1 aromatic heterocycles. The maximum atomic E-state index is 12.3. The Bertz CT molecular complexity index is 1280. The predicted octanol–water partition coefficient (Wildman–Crippen LogP) is 5.24. The summed E-state index contributed by atoms with van der Waals surface area (Å²) in [6.07, 6.45) is 1.51. The molecule has 5 heteroatoms. The lowest BCUT2D eigenvalue weighted by Gasteiger charge is -2.28. The number of nitrogens with zero attached hydrogens (tertiary/aromatic N) is 3. The average molecular weight is 434 g/mol. The third kappa shape index (κ3) is 5.25. The van der Waals surface area contributed by atoms with Crippen molar-refractivity contribution in [1.82, 2.24) is 9.97 Å². The summed E-state index contributed by atoms with van der Waals surface area (Å²) in [6, 6.07) is 28.7. The lowest BCUT2D eigenvalue weighted by Crippen LogP contribution is -2.36. The molecule has 0 N–H and O–H groups in total. The van der Waals surface area contributed by atoms with E-state index in [1.165, 1.54) is 13.4 Å². The minimum Gasteiger partial charge on any atom is -0.467 e. The lowest BCUT2D eigenvalue weighted by atomic mass is 10.1. The minimum atomic E-state index is -0.559. The van der Waals surface area contributed by atoms with Crippen molar-refractivity contribution in [2.45, 2.75) is 13.0 Å². The molecule has 0 bridgehead atoms. The number of anilines is 2. The van der Waals surface area contributed by atoms with Crippen LogP contribution in [0.15, 0.2) is 97.3 Å². The zero-order valence-electron chi connectivity index (χ0n) is 18.5. The quantitative estimate of drug-likeness (QED) is 0.318. The molecule has 0 aliphatic heterocycles. The SMILES string of the molecule is COC(=O)[C@H](C)N(c1ccccc1)c1cc(-c2ccc(C#Cc3ccccc3)cc2)ncn1. The fourth-order valence-electron chi connectivity index (χ4n) is 3.45. The van der Waals surface area contributed by atoms with E-state index in [4.69, 9.17) is 4.74 Å². The highest BCUT2D eigenvalue weighted by Crippen LogP contribution is 2.29. The number of carbonyl (C=O) groups is 1. The Balaban J connectivity index is 1.64. The molecule has 0 aliphatic rings. The van der Waals surface area contributed by atoms with E-state index in [0.29, 0.717) is 5.82 Å². The van der Waals surface area contributed by atoms with Crippen molar-refractivity contribution in [1.29, 1.82) is 0 Å². The Kier molecular flexibility index (Phi) is 6.77. The average Bonchev–Trinajstić information content (AvgIpc) is 2.89. The number of rotatable bonds is 5. The van der Waals surface area contributed by atoms with Crippen LogP contribution in [-0.4, -0.2) is 29.1 Å². The van der Waals surface area contributed by atoms with E-state index < -0.39 is 6.04 Å². The van der Waals surface area contributed by atoms with Crippen LogP contribution in [0.5, 0.6) is 0 Å². The predicted molar refractivity (Wildman–Crippen MR) is 130 cm³/mol. The molecule has 0 unspecified atom stereocenters. The van der Waals surface area contributed by atoms with Gasteiger partial charge in [0.1, 0.15) is 18.2 Å². The van der Waals surface area contributed by atoms with E-state index in [-0.39, 0.29) is 5.97 Å². The fourth-order valence-corrected chi connectivity index (χ4v) is 3.45. The number of methoxy groups -OCH3 is 1. The van der Waals surface area contributed by atoms with Crippen LogP contribution < -0.4 is 4.90 Å². The summed E-state index contributed by atoms with van der Waals surface area (Å²) in [4.78, 5) is 23.1. The summed E-state index contributed by atoms with van der Waals surface area (Å²) in [6.45, 7) is 1.79. The van der Waals surface area contributed by atoms with Crippen LogP contribution in [0.1, 0.15) is 18.1 Å². The van der Waals surface area contributed by atoms with Gasteiger partial charge in [0.05, 0.1) is 12.8 Å². The first kappa shape index (κ1) is 21.8. The van der Waals surface area contributed by atoms with Gasteiger partial charge < -0.3 is 9.64 Å². The molecule has 1 atom stereocenters. The van der Waals surface area contributed by atoms with Crippen LogP contribution in [0.3, 0.4) is 0 Å². The molecule has 5 nitrogen and oxygen atoms in total. The number of aromatic nitrogens is 2. The first-order valence-electron chi connectivity index (χ1n) is 10.6. The number of esters is 1. The lowest BCUT2D eigenvalue weighted by molar-refractivity contribution is -0.141. The largest absolute Gasteiger partial charge is 0.467 e. The smallest absolute Gasteiger partial charge is 0.328 e.